The Morgan fingerprint density at radius 2 is 2.29 bits per heavy atom. The standard InChI is InChI=1S/C15H24N4O2/c1-18-6-11(5-16-18)7-19-8-13(10-20)14(9-19)17-15(21)12-3-2-4-12/h5-6,12-14,20H,2-4,7-10H2,1H3,(H,17,21)/t13-,14+/m0/s1. The smallest absolute Gasteiger partial charge is 0.223 e. The highest BCUT2D eigenvalue weighted by molar-refractivity contribution is 5.79. The Hall–Kier alpha value is -1.40. The van der Waals surface area contributed by atoms with Crippen LogP contribution >= 0.6 is 0 Å². The fourth-order valence-corrected chi connectivity index (χ4v) is 3.22. The molecule has 2 fully saturated rings. The molecular formula is C15H24N4O2. The van der Waals surface area contributed by atoms with E-state index in [0.29, 0.717) is 0 Å². The quantitative estimate of drug-likeness (QED) is 0.809. The van der Waals surface area contributed by atoms with Crippen molar-refractivity contribution in [3.8, 4) is 0 Å². The lowest BCUT2D eigenvalue weighted by Gasteiger charge is -2.27. The molecule has 6 heteroatoms. The topological polar surface area (TPSA) is 70.4 Å². The van der Waals surface area contributed by atoms with E-state index in [1.165, 1.54) is 12.0 Å². The number of rotatable bonds is 5. The van der Waals surface area contributed by atoms with Gasteiger partial charge in [0.25, 0.3) is 0 Å². The second-order valence-corrected chi connectivity index (χ2v) is 6.40. The average Bonchev–Trinajstić information content (AvgIpc) is 2.94. The number of amides is 1. The number of aromatic nitrogens is 2. The Morgan fingerprint density at radius 1 is 1.48 bits per heavy atom. The van der Waals surface area contributed by atoms with Gasteiger partial charge < -0.3 is 10.4 Å². The highest BCUT2D eigenvalue weighted by atomic mass is 16.3. The number of carbonyl (C=O) groups excluding carboxylic acids is 1. The summed E-state index contributed by atoms with van der Waals surface area (Å²) in [5, 5.41) is 16.9. The van der Waals surface area contributed by atoms with Crippen molar-refractivity contribution in [2.45, 2.75) is 31.8 Å². The van der Waals surface area contributed by atoms with Crippen LogP contribution in [0.3, 0.4) is 0 Å². The van der Waals surface area contributed by atoms with Gasteiger partial charge >= 0.3 is 0 Å². The van der Waals surface area contributed by atoms with Crippen molar-refractivity contribution in [1.82, 2.24) is 20.0 Å². The Bertz CT molecular complexity index is 498. The molecule has 0 bridgehead atoms. The van der Waals surface area contributed by atoms with Crippen molar-refractivity contribution in [1.29, 1.82) is 0 Å². The Morgan fingerprint density at radius 3 is 2.86 bits per heavy atom. The number of likely N-dealkylation sites (tertiary alicyclic amines) is 1. The van der Waals surface area contributed by atoms with Crippen LogP contribution in [-0.2, 0) is 18.4 Å². The normalized spacial score (nSPS) is 26.8. The van der Waals surface area contributed by atoms with Crippen molar-refractivity contribution in [2.75, 3.05) is 19.7 Å². The molecule has 1 aromatic heterocycles. The molecule has 2 atom stereocenters. The Kier molecular flexibility index (Phi) is 4.26. The van der Waals surface area contributed by atoms with Crippen LogP contribution < -0.4 is 5.32 Å². The molecule has 2 aliphatic rings. The number of nitrogens with zero attached hydrogens (tertiary/aromatic N) is 3. The third kappa shape index (κ3) is 3.27. The van der Waals surface area contributed by atoms with E-state index in [-0.39, 0.29) is 30.4 Å². The van der Waals surface area contributed by atoms with Gasteiger partial charge in [-0.05, 0) is 12.8 Å². The van der Waals surface area contributed by atoms with Crippen molar-refractivity contribution in [2.24, 2.45) is 18.9 Å². The highest BCUT2D eigenvalue weighted by Gasteiger charge is 2.35. The number of aryl methyl sites for hydroxylation is 1. The van der Waals surface area contributed by atoms with E-state index >= 15 is 0 Å². The molecule has 1 aliphatic carbocycles. The van der Waals surface area contributed by atoms with Gasteiger partial charge in [-0.3, -0.25) is 14.4 Å². The number of hydrogen-bond acceptors (Lipinski definition) is 4. The lowest BCUT2D eigenvalue weighted by atomic mass is 9.84. The van der Waals surface area contributed by atoms with Crippen LogP contribution in [0.5, 0.6) is 0 Å². The minimum absolute atomic E-state index is 0.0692. The molecule has 1 amide bonds. The predicted molar refractivity (Wildman–Crippen MR) is 78.3 cm³/mol. The zero-order chi connectivity index (χ0) is 14.8. The van der Waals surface area contributed by atoms with Crippen molar-refractivity contribution in [3.63, 3.8) is 0 Å². The monoisotopic (exact) mass is 292 g/mol. The van der Waals surface area contributed by atoms with Crippen LogP contribution in [0.25, 0.3) is 0 Å². The molecular weight excluding hydrogens is 268 g/mol. The molecule has 0 aromatic carbocycles. The molecule has 0 spiro atoms. The largest absolute Gasteiger partial charge is 0.396 e. The molecule has 2 heterocycles. The molecule has 0 radical (unpaired) electrons. The van der Waals surface area contributed by atoms with Gasteiger partial charge in [-0.25, -0.2) is 0 Å². The van der Waals surface area contributed by atoms with Gasteiger partial charge in [0, 0.05) is 62.9 Å². The third-order valence-corrected chi connectivity index (χ3v) is 4.72. The van der Waals surface area contributed by atoms with Gasteiger partial charge in [0.2, 0.25) is 5.91 Å². The van der Waals surface area contributed by atoms with Gasteiger partial charge in [0.05, 0.1) is 6.20 Å². The summed E-state index contributed by atoms with van der Waals surface area (Å²) in [4.78, 5) is 14.4. The molecule has 3 rings (SSSR count). The minimum Gasteiger partial charge on any atom is -0.396 e. The number of aliphatic hydroxyl groups excluding tert-OH is 1. The third-order valence-electron chi connectivity index (χ3n) is 4.72. The molecule has 6 nitrogen and oxygen atoms in total. The molecule has 21 heavy (non-hydrogen) atoms. The van der Waals surface area contributed by atoms with E-state index in [0.717, 1.165) is 32.5 Å². The number of nitrogens with one attached hydrogen (secondary N) is 1. The summed E-state index contributed by atoms with van der Waals surface area (Å²) in [6.07, 6.45) is 7.07. The maximum absolute atomic E-state index is 12.1. The fraction of sp³-hybridized carbons (Fsp3) is 0.733. The first kappa shape index (κ1) is 14.5. The number of carbonyl (C=O) groups is 1. The van der Waals surface area contributed by atoms with Crippen LogP contribution in [0.4, 0.5) is 0 Å². The van der Waals surface area contributed by atoms with Crippen LogP contribution in [-0.4, -0.2) is 51.4 Å². The van der Waals surface area contributed by atoms with Crippen LogP contribution in [0, 0.1) is 11.8 Å². The highest BCUT2D eigenvalue weighted by Crippen LogP contribution is 2.27. The molecule has 116 valence electrons. The first-order valence-corrected chi connectivity index (χ1v) is 7.77. The zero-order valence-corrected chi connectivity index (χ0v) is 12.5. The molecule has 2 N–H and O–H groups in total. The maximum atomic E-state index is 12.1. The Labute approximate surface area is 125 Å². The fourth-order valence-electron chi connectivity index (χ4n) is 3.22. The van der Waals surface area contributed by atoms with Gasteiger partial charge in [-0.1, -0.05) is 6.42 Å². The van der Waals surface area contributed by atoms with Gasteiger partial charge in [-0.15, -0.1) is 0 Å². The molecule has 1 saturated carbocycles. The van der Waals surface area contributed by atoms with Gasteiger partial charge in [0.15, 0.2) is 0 Å². The maximum Gasteiger partial charge on any atom is 0.223 e. The van der Waals surface area contributed by atoms with Crippen LogP contribution in [0.1, 0.15) is 24.8 Å². The summed E-state index contributed by atoms with van der Waals surface area (Å²) in [5.41, 5.74) is 1.17. The summed E-state index contributed by atoms with van der Waals surface area (Å²) < 4.78 is 1.80. The van der Waals surface area contributed by atoms with E-state index in [2.05, 4.69) is 15.3 Å². The van der Waals surface area contributed by atoms with Crippen LogP contribution in [0.2, 0.25) is 0 Å². The lowest BCUT2D eigenvalue weighted by Crippen LogP contribution is -2.45. The van der Waals surface area contributed by atoms with E-state index in [1.807, 2.05) is 19.4 Å². The number of aliphatic hydroxyl groups is 1. The van der Waals surface area contributed by atoms with Crippen molar-refractivity contribution < 1.29 is 9.90 Å². The minimum atomic E-state index is 0.0692. The zero-order valence-electron chi connectivity index (χ0n) is 12.5. The molecule has 1 aliphatic heterocycles. The van der Waals surface area contributed by atoms with E-state index in [9.17, 15) is 9.90 Å². The average molecular weight is 292 g/mol. The van der Waals surface area contributed by atoms with Crippen LogP contribution in [0.15, 0.2) is 12.4 Å². The van der Waals surface area contributed by atoms with Gasteiger partial charge in [-0.2, -0.15) is 5.10 Å². The van der Waals surface area contributed by atoms with E-state index < -0.39 is 0 Å². The summed E-state index contributed by atoms with van der Waals surface area (Å²) >= 11 is 0. The molecule has 1 aromatic rings. The SMILES string of the molecule is Cn1cc(CN2C[C@@H](CO)[C@H](NC(=O)C3CCC3)C2)cn1. The van der Waals surface area contributed by atoms with Gasteiger partial charge in [0.1, 0.15) is 0 Å². The second kappa shape index (κ2) is 6.15. The van der Waals surface area contributed by atoms with Crippen molar-refractivity contribution in [3.05, 3.63) is 18.0 Å². The Balaban J connectivity index is 1.55. The molecule has 1 saturated heterocycles. The summed E-state index contributed by atoms with van der Waals surface area (Å²) in [6, 6.07) is 0.0692. The van der Waals surface area contributed by atoms with Crippen molar-refractivity contribution >= 4 is 5.91 Å². The van der Waals surface area contributed by atoms with E-state index in [1.54, 1.807) is 4.68 Å². The second-order valence-electron chi connectivity index (χ2n) is 6.40. The summed E-state index contributed by atoms with van der Waals surface area (Å²) in [5.74, 6) is 0.510. The predicted octanol–water partition coefficient (Wildman–Crippen LogP) is 0.129. The molecule has 0 unspecified atom stereocenters. The number of hydrogen-bond donors (Lipinski definition) is 2. The lowest BCUT2D eigenvalue weighted by molar-refractivity contribution is -0.128. The van der Waals surface area contributed by atoms with E-state index in [4.69, 9.17) is 0 Å². The summed E-state index contributed by atoms with van der Waals surface area (Å²) in [6.45, 7) is 2.57. The summed E-state index contributed by atoms with van der Waals surface area (Å²) in [7, 11) is 1.91. The first-order valence-electron chi connectivity index (χ1n) is 7.77. The first-order chi connectivity index (χ1) is 10.2.